The molecule has 2 aromatic rings. The van der Waals surface area contributed by atoms with Gasteiger partial charge >= 0.3 is 0 Å². The third-order valence-electron chi connectivity index (χ3n) is 4.29. The number of ether oxygens (including phenoxy) is 1. The minimum Gasteiger partial charge on any atom is -0.495 e. The number of fused-ring (bicyclic) bond motifs is 1. The number of carbonyl (C=O) groups is 1. The van der Waals surface area contributed by atoms with E-state index >= 15 is 0 Å². The number of carbonyl (C=O) groups excluding carboxylic acids is 1. The van der Waals surface area contributed by atoms with Gasteiger partial charge in [-0.3, -0.25) is 4.79 Å². The van der Waals surface area contributed by atoms with Crippen molar-refractivity contribution in [2.75, 3.05) is 17.7 Å². The highest BCUT2D eigenvalue weighted by molar-refractivity contribution is 6.31. The second-order valence-electron chi connectivity index (χ2n) is 6.04. The SMILES string of the molecule is COc1ccc(Cl)cc1NC(=O)[C@H](C)Nc1ccc2c(c1)CCC2. The molecule has 0 aliphatic heterocycles. The maximum atomic E-state index is 12.5. The predicted octanol–water partition coefficient (Wildman–Crippen LogP) is 4.28. The molecule has 5 heteroatoms. The highest BCUT2D eigenvalue weighted by Crippen LogP contribution is 2.28. The molecule has 2 N–H and O–H groups in total. The van der Waals surface area contributed by atoms with E-state index in [1.54, 1.807) is 25.3 Å². The van der Waals surface area contributed by atoms with E-state index in [1.807, 2.05) is 13.0 Å². The standard InChI is InChI=1S/C19H21ClN2O2/c1-12(21-16-8-6-13-4-3-5-14(13)10-16)19(23)22-17-11-15(20)7-9-18(17)24-2/h6-12,21H,3-5H2,1-2H3,(H,22,23)/t12-/m0/s1. The molecule has 0 bridgehead atoms. The molecule has 0 heterocycles. The molecule has 2 aromatic carbocycles. The lowest BCUT2D eigenvalue weighted by Gasteiger charge is -2.17. The van der Waals surface area contributed by atoms with Crippen molar-refractivity contribution < 1.29 is 9.53 Å². The molecule has 0 aromatic heterocycles. The summed E-state index contributed by atoms with van der Waals surface area (Å²) in [5, 5.41) is 6.67. The van der Waals surface area contributed by atoms with Gasteiger partial charge in [-0.05, 0) is 67.6 Å². The van der Waals surface area contributed by atoms with Gasteiger partial charge in [0.2, 0.25) is 5.91 Å². The van der Waals surface area contributed by atoms with Crippen LogP contribution in [-0.2, 0) is 17.6 Å². The fourth-order valence-electron chi connectivity index (χ4n) is 3.00. The van der Waals surface area contributed by atoms with Crippen molar-refractivity contribution in [2.45, 2.75) is 32.2 Å². The Morgan fingerprint density at radius 2 is 1.96 bits per heavy atom. The number of anilines is 2. The zero-order chi connectivity index (χ0) is 17.1. The smallest absolute Gasteiger partial charge is 0.246 e. The lowest BCUT2D eigenvalue weighted by molar-refractivity contribution is -0.116. The molecule has 3 rings (SSSR count). The summed E-state index contributed by atoms with van der Waals surface area (Å²) in [6, 6.07) is 11.1. The van der Waals surface area contributed by atoms with Crippen molar-refractivity contribution in [1.82, 2.24) is 0 Å². The molecule has 1 aliphatic carbocycles. The maximum Gasteiger partial charge on any atom is 0.246 e. The van der Waals surface area contributed by atoms with Crippen molar-refractivity contribution in [3.63, 3.8) is 0 Å². The highest BCUT2D eigenvalue weighted by atomic mass is 35.5. The van der Waals surface area contributed by atoms with Gasteiger partial charge in [-0.25, -0.2) is 0 Å². The zero-order valence-electron chi connectivity index (χ0n) is 13.9. The van der Waals surface area contributed by atoms with Crippen LogP contribution in [0.15, 0.2) is 36.4 Å². The van der Waals surface area contributed by atoms with Crippen LogP contribution in [0.1, 0.15) is 24.5 Å². The van der Waals surface area contributed by atoms with E-state index in [2.05, 4.69) is 22.8 Å². The van der Waals surface area contributed by atoms with Crippen LogP contribution in [0.2, 0.25) is 5.02 Å². The Morgan fingerprint density at radius 3 is 2.75 bits per heavy atom. The summed E-state index contributed by atoms with van der Waals surface area (Å²) in [6.45, 7) is 1.83. The first-order valence-electron chi connectivity index (χ1n) is 8.09. The summed E-state index contributed by atoms with van der Waals surface area (Å²) in [5.74, 6) is 0.438. The quantitative estimate of drug-likeness (QED) is 0.851. The van der Waals surface area contributed by atoms with Crippen molar-refractivity contribution in [2.24, 2.45) is 0 Å². The largest absolute Gasteiger partial charge is 0.495 e. The summed E-state index contributed by atoms with van der Waals surface area (Å²) in [6.07, 6.45) is 3.48. The van der Waals surface area contributed by atoms with Gasteiger partial charge in [0, 0.05) is 10.7 Å². The fourth-order valence-corrected chi connectivity index (χ4v) is 3.17. The Morgan fingerprint density at radius 1 is 1.17 bits per heavy atom. The number of rotatable bonds is 5. The minimum atomic E-state index is -0.381. The average Bonchev–Trinajstić information content (AvgIpc) is 3.02. The number of halogens is 1. The minimum absolute atomic E-state index is 0.143. The first-order valence-corrected chi connectivity index (χ1v) is 8.47. The van der Waals surface area contributed by atoms with Crippen LogP contribution in [0, 0.1) is 0 Å². The van der Waals surface area contributed by atoms with Crippen LogP contribution in [-0.4, -0.2) is 19.1 Å². The van der Waals surface area contributed by atoms with E-state index in [1.165, 1.54) is 17.5 Å². The van der Waals surface area contributed by atoms with E-state index in [9.17, 15) is 4.79 Å². The first kappa shape index (κ1) is 16.7. The molecule has 0 spiro atoms. The molecule has 0 unspecified atom stereocenters. The van der Waals surface area contributed by atoms with Crippen LogP contribution in [0.5, 0.6) is 5.75 Å². The highest BCUT2D eigenvalue weighted by Gasteiger charge is 2.17. The molecular weight excluding hydrogens is 324 g/mol. The molecule has 4 nitrogen and oxygen atoms in total. The number of nitrogens with one attached hydrogen (secondary N) is 2. The molecule has 1 aliphatic rings. The van der Waals surface area contributed by atoms with Crippen LogP contribution in [0.25, 0.3) is 0 Å². The van der Waals surface area contributed by atoms with Crippen LogP contribution in [0.3, 0.4) is 0 Å². The van der Waals surface area contributed by atoms with Gasteiger partial charge in [0.25, 0.3) is 0 Å². The molecule has 0 saturated carbocycles. The monoisotopic (exact) mass is 344 g/mol. The number of amides is 1. The molecule has 0 radical (unpaired) electrons. The zero-order valence-corrected chi connectivity index (χ0v) is 14.6. The number of aryl methyl sites for hydroxylation is 2. The van der Waals surface area contributed by atoms with Gasteiger partial charge in [-0.2, -0.15) is 0 Å². The predicted molar refractivity (Wildman–Crippen MR) is 98.2 cm³/mol. The van der Waals surface area contributed by atoms with Gasteiger partial charge in [0.15, 0.2) is 0 Å². The topological polar surface area (TPSA) is 50.4 Å². The Labute approximate surface area is 147 Å². The number of methoxy groups -OCH3 is 1. The van der Waals surface area contributed by atoms with Gasteiger partial charge in [0.1, 0.15) is 11.8 Å². The molecular formula is C19H21ClN2O2. The van der Waals surface area contributed by atoms with Crippen molar-refractivity contribution in [1.29, 1.82) is 0 Å². The lowest BCUT2D eigenvalue weighted by atomic mass is 10.1. The molecule has 1 amide bonds. The van der Waals surface area contributed by atoms with E-state index in [-0.39, 0.29) is 11.9 Å². The van der Waals surface area contributed by atoms with E-state index in [0.717, 1.165) is 18.5 Å². The number of hydrogen-bond acceptors (Lipinski definition) is 3. The third kappa shape index (κ3) is 3.65. The first-order chi connectivity index (χ1) is 11.6. The summed E-state index contributed by atoms with van der Waals surface area (Å²) in [7, 11) is 1.56. The van der Waals surface area contributed by atoms with Crippen LogP contribution >= 0.6 is 11.6 Å². The average molecular weight is 345 g/mol. The molecule has 0 fully saturated rings. The van der Waals surface area contributed by atoms with Gasteiger partial charge < -0.3 is 15.4 Å². The summed E-state index contributed by atoms with van der Waals surface area (Å²) in [5.41, 5.74) is 4.33. The van der Waals surface area contributed by atoms with Crippen LogP contribution in [0.4, 0.5) is 11.4 Å². The molecule has 126 valence electrons. The molecule has 24 heavy (non-hydrogen) atoms. The van der Waals surface area contributed by atoms with E-state index < -0.39 is 0 Å². The molecule has 0 saturated heterocycles. The maximum absolute atomic E-state index is 12.5. The molecule has 1 atom stereocenters. The summed E-state index contributed by atoms with van der Waals surface area (Å²) < 4.78 is 5.26. The normalized spacial score (nSPS) is 14.0. The van der Waals surface area contributed by atoms with Crippen molar-refractivity contribution in [3.05, 3.63) is 52.5 Å². The lowest BCUT2D eigenvalue weighted by Crippen LogP contribution is -2.32. The van der Waals surface area contributed by atoms with E-state index in [0.29, 0.717) is 16.5 Å². The van der Waals surface area contributed by atoms with Crippen LogP contribution < -0.4 is 15.4 Å². The van der Waals surface area contributed by atoms with Gasteiger partial charge in [0.05, 0.1) is 12.8 Å². The fraction of sp³-hybridized carbons (Fsp3) is 0.316. The Balaban J connectivity index is 1.68. The van der Waals surface area contributed by atoms with E-state index in [4.69, 9.17) is 16.3 Å². The summed E-state index contributed by atoms with van der Waals surface area (Å²) in [4.78, 5) is 12.5. The Bertz CT molecular complexity index is 761. The summed E-state index contributed by atoms with van der Waals surface area (Å²) >= 11 is 6.00. The number of benzene rings is 2. The number of hydrogen-bond donors (Lipinski definition) is 2. The Kier molecular flexibility index (Phi) is 4.95. The second-order valence-corrected chi connectivity index (χ2v) is 6.47. The van der Waals surface area contributed by atoms with Gasteiger partial charge in [-0.1, -0.05) is 17.7 Å². The van der Waals surface area contributed by atoms with Gasteiger partial charge in [-0.15, -0.1) is 0 Å². The second kappa shape index (κ2) is 7.14. The third-order valence-corrected chi connectivity index (χ3v) is 4.53. The Hall–Kier alpha value is -2.20. The van der Waals surface area contributed by atoms with Crippen molar-refractivity contribution in [3.8, 4) is 5.75 Å². The van der Waals surface area contributed by atoms with Crippen molar-refractivity contribution >= 4 is 28.9 Å².